The number of carbonyl (C=O) groups excluding carboxylic acids is 1. The predicted octanol–water partition coefficient (Wildman–Crippen LogP) is 2.62. The Hall–Kier alpha value is -1.79. The number of fused-ring (bicyclic) bond motifs is 1. The molecular weight excluding hydrogens is 351 g/mol. The number of hydrogen-bond donors (Lipinski definition) is 2. The maximum absolute atomic E-state index is 11.6. The summed E-state index contributed by atoms with van der Waals surface area (Å²) in [5.74, 6) is 1.98. The zero-order chi connectivity index (χ0) is 16.8. The number of benzene rings is 1. The first-order valence-corrected chi connectivity index (χ1v) is 8.65. The fourth-order valence-corrected chi connectivity index (χ4v) is 4.13. The van der Waals surface area contributed by atoms with E-state index in [0.29, 0.717) is 41.5 Å². The zero-order valence-electron chi connectivity index (χ0n) is 12.8. The van der Waals surface area contributed by atoms with Crippen molar-refractivity contribution in [2.45, 2.75) is 37.6 Å². The van der Waals surface area contributed by atoms with Crippen molar-refractivity contribution >= 4 is 29.1 Å². The first kappa shape index (κ1) is 15.7. The van der Waals surface area contributed by atoms with Crippen LogP contribution in [0.1, 0.15) is 41.9 Å². The standard InChI is InChI=1S/C16H16Cl2N4O2/c17-10-1-2-11(23)14(15(10)18)9-5-12-20-21-16(22(12)7-9)8-3-4-19-13(24)6-8/h1-2,8-9,23H,3-7H2,(H,19,24)/t8-,9+/m0/s1. The monoisotopic (exact) mass is 366 g/mol. The van der Waals surface area contributed by atoms with Crippen LogP contribution in [0.4, 0.5) is 0 Å². The number of hydrogen-bond acceptors (Lipinski definition) is 4. The van der Waals surface area contributed by atoms with Crippen LogP contribution in [0.2, 0.25) is 10.0 Å². The molecule has 2 N–H and O–H groups in total. The molecule has 126 valence electrons. The van der Waals surface area contributed by atoms with Gasteiger partial charge in [0.15, 0.2) is 0 Å². The SMILES string of the molecule is O=C1C[C@@H](c2nnc3n2C[C@H](c2c(O)ccc(Cl)c2Cl)C3)CCN1. The Balaban J connectivity index is 1.64. The van der Waals surface area contributed by atoms with Gasteiger partial charge in [-0.15, -0.1) is 10.2 Å². The maximum Gasteiger partial charge on any atom is 0.220 e. The van der Waals surface area contributed by atoms with E-state index in [1.807, 2.05) is 0 Å². The summed E-state index contributed by atoms with van der Waals surface area (Å²) in [6.07, 6.45) is 1.93. The highest BCUT2D eigenvalue weighted by Crippen LogP contribution is 2.42. The number of piperidine rings is 1. The fourth-order valence-electron chi connectivity index (χ4n) is 3.65. The van der Waals surface area contributed by atoms with Gasteiger partial charge in [0, 0.05) is 43.3 Å². The van der Waals surface area contributed by atoms with Gasteiger partial charge in [0.1, 0.15) is 17.4 Å². The van der Waals surface area contributed by atoms with Crippen molar-refractivity contribution in [1.29, 1.82) is 0 Å². The van der Waals surface area contributed by atoms with Crippen LogP contribution in [0.5, 0.6) is 5.75 Å². The molecule has 6 nitrogen and oxygen atoms in total. The highest BCUT2D eigenvalue weighted by molar-refractivity contribution is 6.42. The fraction of sp³-hybridized carbons (Fsp3) is 0.438. The van der Waals surface area contributed by atoms with Gasteiger partial charge in [-0.2, -0.15) is 0 Å². The molecule has 2 atom stereocenters. The summed E-state index contributed by atoms with van der Waals surface area (Å²) in [7, 11) is 0. The Morgan fingerprint density at radius 1 is 1.21 bits per heavy atom. The second kappa shape index (κ2) is 5.93. The van der Waals surface area contributed by atoms with Gasteiger partial charge in [-0.25, -0.2) is 0 Å². The molecule has 1 saturated heterocycles. The van der Waals surface area contributed by atoms with Crippen LogP contribution in [-0.2, 0) is 17.8 Å². The molecule has 0 saturated carbocycles. The summed E-state index contributed by atoms with van der Waals surface area (Å²) in [5, 5.41) is 22.4. The number of aromatic hydroxyl groups is 1. The molecule has 1 amide bonds. The molecule has 24 heavy (non-hydrogen) atoms. The predicted molar refractivity (Wildman–Crippen MR) is 89.6 cm³/mol. The van der Waals surface area contributed by atoms with Crippen LogP contribution in [-0.4, -0.2) is 32.3 Å². The lowest BCUT2D eigenvalue weighted by Crippen LogP contribution is -2.33. The van der Waals surface area contributed by atoms with Gasteiger partial charge >= 0.3 is 0 Å². The van der Waals surface area contributed by atoms with Crippen molar-refractivity contribution in [3.63, 3.8) is 0 Å². The van der Waals surface area contributed by atoms with Gasteiger partial charge in [-0.1, -0.05) is 23.2 Å². The van der Waals surface area contributed by atoms with Crippen molar-refractivity contribution in [2.24, 2.45) is 0 Å². The maximum atomic E-state index is 11.6. The van der Waals surface area contributed by atoms with Crippen LogP contribution in [0.25, 0.3) is 0 Å². The zero-order valence-corrected chi connectivity index (χ0v) is 14.3. The highest BCUT2D eigenvalue weighted by atomic mass is 35.5. The summed E-state index contributed by atoms with van der Waals surface area (Å²) in [6, 6.07) is 3.15. The van der Waals surface area contributed by atoms with E-state index in [-0.39, 0.29) is 23.5 Å². The molecule has 0 bridgehead atoms. The Morgan fingerprint density at radius 2 is 2.04 bits per heavy atom. The Kier molecular flexibility index (Phi) is 3.89. The third kappa shape index (κ3) is 2.54. The topological polar surface area (TPSA) is 80.0 Å². The summed E-state index contributed by atoms with van der Waals surface area (Å²) < 4.78 is 2.06. The molecule has 0 radical (unpaired) electrons. The molecule has 0 aliphatic carbocycles. The largest absolute Gasteiger partial charge is 0.508 e. The minimum atomic E-state index is -0.00197. The third-order valence-electron chi connectivity index (χ3n) is 4.82. The van der Waals surface area contributed by atoms with Crippen molar-refractivity contribution in [1.82, 2.24) is 20.1 Å². The second-order valence-corrected chi connectivity index (χ2v) is 7.11. The van der Waals surface area contributed by atoms with Gasteiger partial charge in [0.2, 0.25) is 5.91 Å². The molecule has 2 aliphatic rings. The Labute approximate surface area is 148 Å². The molecule has 3 heterocycles. The molecule has 1 aromatic carbocycles. The van der Waals surface area contributed by atoms with Gasteiger partial charge < -0.3 is 15.0 Å². The van der Waals surface area contributed by atoms with Crippen molar-refractivity contribution < 1.29 is 9.90 Å². The second-order valence-electron chi connectivity index (χ2n) is 6.32. The lowest BCUT2D eigenvalue weighted by molar-refractivity contribution is -0.122. The van der Waals surface area contributed by atoms with Crippen molar-refractivity contribution in [2.75, 3.05) is 6.54 Å². The number of phenols is 1. The normalized spacial score (nSPS) is 23.2. The third-order valence-corrected chi connectivity index (χ3v) is 5.64. The number of nitrogens with one attached hydrogen (secondary N) is 1. The molecule has 1 fully saturated rings. The number of phenolic OH excluding ortho intramolecular Hbond substituents is 1. The van der Waals surface area contributed by atoms with Crippen LogP contribution >= 0.6 is 23.2 Å². The summed E-state index contributed by atoms with van der Waals surface area (Å²) in [5.41, 5.74) is 0.655. The summed E-state index contributed by atoms with van der Waals surface area (Å²) >= 11 is 12.4. The summed E-state index contributed by atoms with van der Waals surface area (Å²) in [4.78, 5) is 11.6. The van der Waals surface area contributed by atoms with E-state index in [0.717, 1.165) is 18.1 Å². The van der Waals surface area contributed by atoms with E-state index in [4.69, 9.17) is 23.2 Å². The van der Waals surface area contributed by atoms with Gasteiger partial charge in [-0.05, 0) is 18.6 Å². The Bertz CT molecular complexity index is 821. The quantitative estimate of drug-likeness (QED) is 0.855. The van der Waals surface area contributed by atoms with Crippen LogP contribution in [0.15, 0.2) is 12.1 Å². The smallest absolute Gasteiger partial charge is 0.220 e. The molecular formula is C16H16Cl2N4O2. The van der Waals surface area contributed by atoms with E-state index in [9.17, 15) is 9.90 Å². The van der Waals surface area contributed by atoms with E-state index in [1.165, 1.54) is 0 Å². The first-order chi connectivity index (χ1) is 11.5. The van der Waals surface area contributed by atoms with Gasteiger partial charge in [0.25, 0.3) is 0 Å². The number of rotatable bonds is 2. The highest BCUT2D eigenvalue weighted by Gasteiger charge is 2.34. The molecule has 8 heteroatoms. The number of amides is 1. The first-order valence-electron chi connectivity index (χ1n) is 7.90. The van der Waals surface area contributed by atoms with E-state index < -0.39 is 0 Å². The van der Waals surface area contributed by atoms with Crippen LogP contribution in [0.3, 0.4) is 0 Å². The molecule has 1 aromatic heterocycles. The number of nitrogens with zero attached hydrogens (tertiary/aromatic N) is 3. The molecule has 0 unspecified atom stereocenters. The number of aromatic nitrogens is 3. The lowest BCUT2D eigenvalue weighted by atomic mass is 9.95. The van der Waals surface area contributed by atoms with Crippen molar-refractivity contribution in [3.05, 3.63) is 39.4 Å². The average Bonchev–Trinajstić information content (AvgIpc) is 3.12. The molecule has 4 rings (SSSR count). The van der Waals surface area contributed by atoms with E-state index >= 15 is 0 Å². The minimum Gasteiger partial charge on any atom is -0.508 e. The lowest BCUT2D eigenvalue weighted by Gasteiger charge is -2.22. The molecule has 0 spiro atoms. The van der Waals surface area contributed by atoms with Crippen molar-refractivity contribution in [3.8, 4) is 5.75 Å². The minimum absolute atomic E-state index is 0.00197. The average molecular weight is 367 g/mol. The van der Waals surface area contributed by atoms with E-state index in [2.05, 4.69) is 20.1 Å². The molecule has 2 aromatic rings. The number of halogens is 2. The van der Waals surface area contributed by atoms with Crippen LogP contribution in [0, 0.1) is 0 Å². The van der Waals surface area contributed by atoms with Crippen LogP contribution < -0.4 is 5.32 Å². The number of carbonyl (C=O) groups is 1. The summed E-state index contributed by atoms with van der Waals surface area (Å²) in [6.45, 7) is 1.29. The Morgan fingerprint density at radius 3 is 2.83 bits per heavy atom. The van der Waals surface area contributed by atoms with Gasteiger partial charge in [-0.3, -0.25) is 4.79 Å². The van der Waals surface area contributed by atoms with Gasteiger partial charge in [0.05, 0.1) is 10.0 Å². The van der Waals surface area contributed by atoms with E-state index in [1.54, 1.807) is 12.1 Å². The molecule has 2 aliphatic heterocycles.